The Balaban J connectivity index is 1.58. The lowest BCUT2D eigenvalue weighted by Gasteiger charge is -2.34. The summed E-state index contributed by atoms with van der Waals surface area (Å²) in [6.07, 6.45) is 0.245. The Hall–Kier alpha value is -1.00. The molecule has 1 aromatic carbocycles. The van der Waals surface area contributed by atoms with Gasteiger partial charge in [0.1, 0.15) is 4.90 Å². The summed E-state index contributed by atoms with van der Waals surface area (Å²) in [6, 6.07) is 4.56. The van der Waals surface area contributed by atoms with Crippen molar-refractivity contribution in [3.05, 3.63) is 28.2 Å². The number of thioether (sulfide) groups is 1. The largest absolute Gasteiger partial charge is 0.340 e. The molecule has 2 fully saturated rings. The fourth-order valence-electron chi connectivity index (χ4n) is 3.05. The highest BCUT2D eigenvalue weighted by Gasteiger charge is 2.33. The molecule has 0 atom stereocenters. The van der Waals surface area contributed by atoms with Crippen LogP contribution >= 0.6 is 35.0 Å². The number of carbonyl (C=O) groups is 2. The van der Waals surface area contributed by atoms with Gasteiger partial charge >= 0.3 is 0 Å². The molecule has 27 heavy (non-hydrogen) atoms. The second-order valence-electron chi connectivity index (χ2n) is 6.19. The number of benzene rings is 1. The Bertz CT molecular complexity index is 822. The number of amides is 2. The average molecular weight is 452 g/mol. The Morgan fingerprint density at radius 2 is 1.70 bits per heavy atom. The van der Waals surface area contributed by atoms with Crippen LogP contribution in [0.5, 0.6) is 0 Å². The monoisotopic (exact) mass is 451 g/mol. The number of carbonyl (C=O) groups excluding carboxylic acids is 2. The standard InChI is InChI=1S/C16H19Cl2N3O4S2/c17-12-2-1-3-13(18)15(12)27(24,25)21-8-6-19(7-9-21)14(22)4-5-20-10-11-26-16(20)23/h1-3H,4-11H2. The van der Waals surface area contributed by atoms with Crippen molar-refractivity contribution in [1.82, 2.24) is 14.1 Å². The van der Waals surface area contributed by atoms with Gasteiger partial charge in [0.15, 0.2) is 0 Å². The van der Waals surface area contributed by atoms with E-state index < -0.39 is 10.0 Å². The Labute approximate surface area is 172 Å². The summed E-state index contributed by atoms with van der Waals surface area (Å²) in [5.74, 6) is 0.682. The van der Waals surface area contributed by atoms with Crippen LogP contribution in [0.3, 0.4) is 0 Å². The zero-order valence-corrected chi connectivity index (χ0v) is 17.6. The fraction of sp³-hybridized carbons (Fsp3) is 0.500. The summed E-state index contributed by atoms with van der Waals surface area (Å²) in [6.45, 7) is 2.01. The molecule has 0 saturated carbocycles. The first kappa shape index (κ1) is 20.7. The van der Waals surface area contributed by atoms with Crippen LogP contribution in [-0.2, 0) is 14.8 Å². The number of hydrogen-bond acceptors (Lipinski definition) is 5. The maximum absolute atomic E-state index is 12.8. The van der Waals surface area contributed by atoms with Crippen molar-refractivity contribution in [2.45, 2.75) is 11.3 Å². The van der Waals surface area contributed by atoms with Crippen molar-refractivity contribution >= 4 is 56.1 Å². The predicted octanol–water partition coefficient (Wildman–Crippen LogP) is 2.39. The number of hydrogen-bond donors (Lipinski definition) is 0. The van der Waals surface area contributed by atoms with Gasteiger partial charge in [0, 0.05) is 51.4 Å². The van der Waals surface area contributed by atoms with Gasteiger partial charge in [0.2, 0.25) is 15.9 Å². The van der Waals surface area contributed by atoms with E-state index >= 15 is 0 Å². The molecule has 0 N–H and O–H groups in total. The minimum Gasteiger partial charge on any atom is -0.340 e. The molecule has 11 heteroatoms. The first-order chi connectivity index (χ1) is 12.8. The molecule has 0 radical (unpaired) electrons. The van der Waals surface area contributed by atoms with Crippen LogP contribution < -0.4 is 0 Å². The SMILES string of the molecule is O=C(CCN1CCSC1=O)N1CCN(S(=O)(=O)c2c(Cl)cccc2Cl)CC1. The fourth-order valence-corrected chi connectivity index (χ4v) is 6.42. The Morgan fingerprint density at radius 1 is 1.07 bits per heavy atom. The number of nitrogens with zero attached hydrogens (tertiary/aromatic N) is 3. The lowest BCUT2D eigenvalue weighted by atomic mass is 10.3. The van der Waals surface area contributed by atoms with E-state index in [1.807, 2.05) is 0 Å². The van der Waals surface area contributed by atoms with Crippen LogP contribution in [0.1, 0.15) is 6.42 Å². The van der Waals surface area contributed by atoms with E-state index in [1.165, 1.54) is 28.2 Å². The maximum Gasteiger partial charge on any atom is 0.281 e. The Kier molecular flexibility index (Phi) is 6.58. The average Bonchev–Trinajstić information content (AvgIpc) is 3.04. The van der Waals surface area contributed by atoms with E-state index in [-0.39, 0.29) is 45.6 Å². The van der Waals surface area contributed by atoms with Crippen molar-refractivity contribution in [3.8, 4) is 0 Å². The second-order valence-corrected chi connectivity index (χ2v) is 9.92. The van der Waals surface area contributed by atoms with Crippen LogP contribution in [0.2, 0.25) is 10.0 Å². The quantitative estimate of drug-likeness (QED) is 0.686. The van der Waals surface area contributed by atoms with Gasteiger partial charge in [0.25, 0.3) is 5.24 Å². The molecule has 1 aromatic rings. The molecule has 2 saturated heterocycles. The lowest BCUT2D eigenvalue weighted by Crippen LogP contribution is -2.51. The van der Waals surface area contributed by atoms with Crippen LogP contribution in [0.4, 0.5) is 4.79 Å². The molecule has 7 nitrogen and oxygen atoms in total. The van der Waals surface area contributed by atoms with Crippen LogP contribution in [0.25, 0.3) is 0 Å². The topological polar surface area (TPSA) is 78.0 Å². The highest BCUT2D eigenvalue weighted by molar-refractivity contribution is 8.13. The summed E-state index contributed by atoms with van der Waals surface area (Å²) in [5.41, 5.74) is 0. The molecule has 0 spiro atoms. The van der Waals surface area contributed by atoms with Gasteiger partial charge in [-0.2, -0.15) is 4.31 Å². The highest BCUT2D eigenvalue weighted by atomic mass is 35.5. The van der Waals surface area contributed by atoms with Crippen molar-refractivity contribution in [1.29, 1.82) is 0 Å². The number of halogens is 2. The van der Waals surface area contributed by atoms with Gasteiger partial charge in [-0.1, -0.05) is 41.0 Å². The van der Waals surface area contributed by atoms with Gasteiger partial charge in [-0.15, -0.1) is 0 Å². The maximum atomic E-state index is 12.8. The van der Waals surface area contributed by atoms with E-state index in [1.54, 1.807) is 15.9 Å². The van der Waals surface area contributed by atoms with Crippen molar-refractivity contribution in [2.75, 3.05) is 45.0 Å². The highest BCUT2D eigenvalue weighted by Crippen LogP contribution is 2.31. The number of piperazine rings is 1. The van der Waals surface area contributed by atoms with Gasteiger partial charge in [-0.05, 0) is 12.1 Å². The van der Waals surface area contributed by atoms with Crippen molar-refractivity contribution in [3.63, 3.8) is 0 Å². The first-order valence-corrected chi connectivity index (χ1v) is 11.6. The zero-order valence-electron chi connectivity index (χ0n) is 14.4. The van der Waals surface area contributed by atoms with Crippen molar-refractivity contribution in [2.24, 2.45) is 0 Å². The Morgan fingerprint density at radius 3 is 2.26 bits per heavy atom. The smallest absolute Gasteiger partial charge is 0.281 e. The summed E-state index contributed by atoms with van der Waals surface area (Å²) >= 11 is 13.3. The van der Waals surface area contributed by atoms with Crippen LogP contribution in [0.15, 0.2) is 23.1 Å². The summed E-state index contributed by atoms with van der Waals surface area (Å²) in [4.78, 5) is 27.1. The summed E-state index contributed by atoms with van der Waals surface area (Å²) in [7, 11) is -3.83. The van der Waals surface area contributed by atoms with Crippen LogP contribution in [-0.4, -0.2) is 78.7 Å². The normalized spacial score (nSPS) is 19.0. The molecule has 148 valence electrons. The first-order valence-electron chi connectivity index (χ1n) is 8.44. The molecular weight excluding hydrogens is 433 g/mol. The van der Waals surface area contributed by atoms with E-state index in [0.29, 0.717) is 26.2 Å². The predicted molar refractivity (Wildman–Crippen MR) is 106 cm³/mol. The third kappa shape index (κ3) is 4.54. The number of sulfonamides is 1. The van der Waals surface area contributed by atoms with E-state index in [2.05, 4.69) is 0 Å². The zero-order chi connectivity index (χ0) is 19.6. The van der Waals surface area contributed by atoms with Crippen molar-refractivity contribution < 1.29 is 18.0 Å². The van der Waals surface area contributed by atoms with Gasteiger partial charge in [-0.3, -0.25) is 9.59 Å². The molecule has 2 amide bonds. The molecule has 0 aromatic heterocycles. The van der Waals surface area contributed by atoms with E-state index in [9.17, 15) is 18.0 Å². The molecule has 2 aliphatic heterocycles. The minimum atomic E-state index is -3.83. The summed E-state index contributed by atoms with van der Waals surface area (Å²) < 4.78 is 27.0. The third-order valence-corrected chi connectivity index (χ3v) is 8.30. The molecular formula is C16H19Cl2N3O4S2. The molecule has 0 bridgehead atoms. The molecule has 0 unspecified atom stereocenters. The lowest BCUT2D eigenvalue weighted by molar-refractivity contribution is -0.132. The van der Waals surface area contributed by atoms with Gasteiger partial charge < -0.3 is 9.80 Å². The van der Waals surface area contributed by atoms with E-state index in [4.69, 9.17) is 23.2 Å². The molecule has 0 aliphatic carbocycles. The molecule has 2 aliphatic rings. The van der Waals surface area contributed by atoms with Gasteiger partial charge in [0.05, 0.1) is 10.0 Å². The van der Waals surface area contributed by atoms with Gasteiger partial charge in [-0.25, -0.2) is 8.42 Å². The minimum absolute atomic E-state index is 0.00957. The molecule has 3 rings (SSSR count). The summed E-state index contributed by atoms with van der Waals surface area (Å²) in [5, 5.41) is 0.165. The molecule has 2 heterocycles. The number of rotatable bonds is 5. The van der Waals surface area contributed by atoms with E-state index in [0.717, 1.165) is 5.75 Å². The van der Waals surface area contributed by atoms with Crippen LogP contribution in [0, 0.1) is 0 Å². The third-order valence-electron chi connectivity index (χ3n) is 4.55. The second kappa shape index (κ2) is 8.57.